The van der Waals surface area contributed by atoms with Crippen molar-refractivity contribution in [3.05, 3.63) is 59.1 Å². The molecule has 5 heterocycles. The van der Waals surface area contributed by atoms with Crippen LogP contribution in [0, 0.1) is 5.41 Å². The van der Waals surface area contributed by atoms with Gasteiger partial charge in [-0.05, 0) is 54.5 Å². The fourth-order valence-electron chi connectivity index (χ4n) is 5.18. The second kappa shape index (κ2) is 9.02. The van der Waals surface area contributed by atoms with Gasteiger partial charge in [-0.2, -0.15) is 0 Å². The molecule has 0 unspecified atom stereocenters. The van der Waals surface area contributed by atoms with E-state index in [0.717, 1.165) is 70.6 Å². The number of methoxy groups -OCH3 is 1. The van der Waals surface area contributed by atoms with Gasteiger partial charge in [-0.15, -0.1) is 0 Å². The van der Waals surface area contributed by atoms with Gasteiger partial charge in [0.15, 0.2) is 5.65 Å². The van der Waals surface area contributed by atoms with E-state index in [0.29, 0.717) is 16.5 Å². The van der Waals surface area contributed by atoms with Crippen LogP contribution < -0.4 is 21.1 Å². The number of hydrogen-bond donors (Lipinski definition) is 2. The minimum absolute atomic E-state index is 0.0216. The van der Waals surface area contributed by atoms with Crippen molar-refractivity contribution in [2.45, 2.75) is 35.2 Å². The standard InChI is InChI=1S/C25H25ClN8OS/c1-35-14-10-15-17(30-12-14)11-25(22(15)27)5-8-34(9-6-25)19-13-31-24-16(32-19)2-3-20(33-24)36-18-4-7-29-23(28)21(18)26/h2-4,7,10,12-13,22H,5-6,8-9,11,27H2,1H3,(H2,28,29)/t22-/m0/s1. The molecule has 0 amide bonds. The SMILES string of the molecule is COc1cnc2c(c1)[C@H](N)C1(CCN(c3cnc4nc(Sc5ccnc(N)c5Cl)ccc4n3)CC1)C2. The van der Waals surface area contributed by atoms with E-state index < -0.39 is 0 Å². The maximum Gasteiger partial charge on any atom is 0.179 e. The van der Waals surface area contributed by atoms with Crippen LogP contribution in [-0.4, -0.2) is 45.1 Å². The number of aromatic nitrogens is 5. The summed E-state index contributed by atoms with van der Waals surface area (Å²) in [6.07, 6.45) is 8.05. The normalized spacial score (nSPS) is 18.5. The maximum atomic E-state index is 6.75. The average Bonchev–Trinajstić information content (AvgIpc) is 3.17. The monoisotopic (exact) mass is 520 g/mol. The van der Waals surface area contributed by atoms with Gasteiger partial charge in [-0.1, -0.05) is 23.4 Å². The van der Waals surface area contributed by atoms with E-state index in [2.05, 4.69) is 24.8 Å². The fraction of sp³-hybridized carbons (Fsp3) is 0.320. The molecule has 36 heavy (non-hydrogen) atoms. The highest BCUT2D eigenvalue weighted by atomic mass is 35.5. The van der Waals surface area contributed by atoms with Crippen molar-refractivity contribution in [2.75, 3.05) is 30.8 Å². The number of nitrogens with zero attached hydrogens (tertiary/aromatic N) is 6. The third kappa shape index (κ3) is 3.99. The molecule has 6 rings (SSSR count). The summed E-state index contributed by atoms with van der Waals surface area (Å²) >= 11 is 7.69. The Morgan fingerprint density at radius 2 is 1.94 bits per heavy atom. The molecule has 1 aliphatic carbocycles. The first kappa shape index (κ1) is 23.2. The van der Waals surface area contributed by atoms with Crippen LogP contribution in [0.4, 0.5) is 11.6 Å². The van der Waals surface area contributed by atoms with Gasteiger partial charge >= 0.3 is 0 Å². The zero-order chi connectivity index (χ0) is 24.9. The molecule has 184 valence electrons. The summed E-state index contributed by atoms with van der Waals surface area (Å²) in [5.41, 5.74) is 16.1. The minimum Gasteiger partial charge on any atom is -0.495 e. The Morgan fingerprint density at radius 3 is 2.75 bits per heavy atom. The third-order valence-corrected chi connectivity index (χ3v) is 8.78. The summed E-state index contributed by atoms with van der Waals surface area (Å²) in [6, 6.07) is 7.67. The number of pyridine rings is 3. The summed E-state index contributed by atoms with van der Waals surface area (Å²) in [5.74, 6) is 1.91. The van der Waals surface area contributed by atoms with Crippen molar-refractivity contribution in [3.8, 4) is 5.75 Å². The number of halogens is 1. The molecule has 1 atom stereocenters. The number of nitrogens with two attached hydrogens (primary N) is 2. The Balaban J connectivity index is 1.17. The number of ether oxygens (including phenoxy) is 1. The molecule has 9 nitrogen and oxygen atoms in total. The summed E-state index contributed by atoms with van der Waals surface area (Å²) in [7, 11) is 1.66. The number of nitrogen functional groups attached to an aromatic ring is 1. The predicted molar refractivity (Wildman–Crippen MR) is 140 cm³/mol. The molecule has 1 spiro atoms. The quantitative estimate of drug-likeness (QED) is 0.406. The summed E-state index contributed by atoms with van der Waals surface area (Å²) in [5, 5.41) is 1.19. The average molecular weight is 521 g/mol. The predicted octanol–water partition coefficient (Wildman–Crippen LogP) is 4.05. The fourth-order valence-corrected chi connectivity index (χ4v) is 6.22. The van der Waals surface area contributed by atoms with Crippen molar-refractivity contribution >= 4 is 46.2 Å². The molecule has 4 aromatic heterocycles. The Kier molecular flexibility index (Phi) is 5.82. The maximum absolute atomic E-state index is 6.75. The lowest BCUT2D eigenvalue weighted by Gasteiger charge is -2.42. The first-order valence-corrected chi connectivity index (χ1v) is 12.9. The van der Waals surface area contributed by atoms with E-state index in [4.69, 9.17) is 32.8 Å². The molecule has 0 saturated carbocycles. The van der Waals surface area contributed by atoms with Gasteiger partial charge in [0.25, 0.3) is 0 Å². The van der Waals surface area contributed by atoms with Gasteiger partial charge in [0.1, 0.15) is 27.9 Å². The van der Waals surface area contributed by atoms with E-state index in [-0.39, 0.29) is 11.5 Å². The second-order valence-electron chi connectivity index (χ2n) is 9.25. The van der Waals surface area contributed by atoms with E-state index in [1.807, 2.05) is 24.3 Å². The highest BCUT2D eigenvalue weighted by Crippen LogP contribution is 2.51. The molecular formula is C25H25ClN8OS. The van der Waals surface area contributed by atoms with Crippen molar-refractivity contribution < 1.29 is 4.74 Å². The second-order valence-corrected chi connectivity index (χ2v) is 10.7. The zero-order valence-corrected chi connectivity index (χ0v) is 21.3. The van der Waals surface area contributed by atoms with Crippen molar-refractivity contribution in [1.82, 2.24) is 24.9 Å². The van der Waals surface area contributed by atoms with Crippen LogP contribution in [0.3, 0.4) is 0 Å². The Hall–Kier alpha value is -3.21. The van der Waals surface area contributed by atoms with Crippen molar-refractivity contribution in [2.24, 2.45) is 11.1 Å². The Bertz CT molecular complexity index is 1460. The summed E-state index contributed by atoms with van der Waals surface area (Å²) in [4.78, 5) is 25.8. The number of hydrogen-bond acceptors (Lipinski definition) is 10. The lowest BCUT2D eigenvalue weighted by atomic mass is 9.73. The molecule has 11 heteroatoms. The van der Waals surface area contributed by atoms with Gasteiger partial charge in [0.2, 0.25) is 0 Å². The summed E-state index contributed by atoms with van der Waals surface area (Å²) < 4.78 is 5.36. The number of fused-ring (bicyclic) bond motifs is 2. The lowest BCUT2D eigenvalue weighted by molar-refractivity contribution is 0.186. The van der Waals surface area contributed by atoms with Crippen LogP contribution in [-0.2, 0) is 6.42 Å². The molecule has 1 aliphatic heterocycles. The zero-order valence-electron chi connectivity index (χ0n) is 19.7. The van der Waals surface area contributed by atoms with Gasteiger partial charge in [0.05, 0.1) is 24.5 Å². The van der Waals surface area contributed by atoms with Crippen LogP contribution in [0.1, 0.15) is 30.1 Å². The van der Waals surface area contributed by atoms with Gasteiger partial charge in [0, 0.05) is 35.9 Å². The van der Waals surface area contributed by atoms with Gasteiger partial charge < -0.3 is 21.1 Å². The molecule has 0 bridgehead atoms. The first-order valence-electron chi connectivity index (χ1n) is 11.7. The van der Waals surface area contributed by atoms with Crippen LogP contribution in [0.2, 0.25) is 5.02 Å². The molecule has 4 N–H and O–H groups in total. The van der Waals surface area contributed by atoms with Crippen LogP contribution in [0.5, 0.6) is 5.75 Å². The Labute approximate surface area is 217 Å². The topological polar surface area (TPSA) is 129 Å². The van der Waals surface area contributed by atoms with E-state index in [9.17, 15) is 0 Å². The van der Waals surface area contributed by atoms with Crippen molar-refractivity contribution in [1.29, 1.82) is 0 Å². The highest BCUT2D eigenvalue weighted by Gasteiger charge is 2.47. The molecule has 2 aliphatic rings. The van der Waals surface area contributed by atoms with Crippen molar-refractivity contribution in [3.63, 3.8) is 0 Å². The summed E-state index contributed by atoms with van der Waals surface area (Å²) in [6.45, 7) is 1.73. The Morgan fingerprint density at radius 1 is 1.11 bits per heavy atom. The molecule has 1 saturated heterocycles. The van der Waals surface area contributed by atoms with Gasteiger partial charge in [-0.25, -0.2) is 19.9 Å². The van der Waals surface area contributed by atoms with E-state index in [1.54, 1.807) is 25.7 Å². The molecule has 0 radical (unpaired) electrons. The van der Waals surface area contributed by atoms with Gasteiger partial charge in [-0.3, -0.25) is 4.98 Å². The molecule has 1 fully saturated rings. The lowest BCUT2D eigenvalue weighted by Crippen LogP contribution is -2.44. The smallest absolute Gasteiger partial charge is 0.179 e. The molecule has 4 aromatic rings. The molecule has 0 aromatic carbocycles. The van der Waals surface area contributed by atoms with Crippen LogP contribution in [0.15, 0.2) is 52.8 Å². The van der Waals surface area contributed by atoms with Crippen LogP contribution >= 0.6 is 23.4 Å². The largest absolute Gasteiger partial charge is 0.495 e. The van der Waals surface area contributed by atoms with E-state index >= 15 is 0 Å². The number of piperidine rings is 1. The molecular weight excluding hydrogens is 496 g/mol. The van der Waals surface area contributed by atoms with Crippen LogP contribution in [0.25, 0.3) is 11.2 Å². The third-order valence-electron chi connectivity index (χ3n) is 7.27. The highest BCUT2D eigenvalue weighted by molar-refractivity contribution is 7.99. The number of rotatable bonds is 4. The van der Waals surface area contributed by atoms with E-state index in [1.165, 1.54) is 11.8 Å². The first-order chi connectivity index (χ1) is 17.5. The number of anilines is 2. The minimum atomic E-state index is -0.0377.